The van der Waals surface area contributed by atoms with E-state index in [1.807, 2.05) is 6.07 Å². The van der Waals surface area contributed by atoms with E-state index in [0.29, 0.717) is 24.4 Å². The minimum Gasteiger partial charge on any atom is -0.376 e. The zero-order valence-corrected chi connectivity index (χ0v) is 17.3. The van der Waals surface area contributed by atoms with Crippen LogP contribution in [0, 0.1) is 5.41 Å². The summed E-state index contributed by atoms with van der Waals surface area (Å²) in [5, 5.41) is 11.9. The number of fused-ring (bicyclic) bond motifs is 2. The lowest BCUT2D eigenvalue weighted by molar-refractivity contribution is 0.0931. The summed E-state index contributed by atoms with van der Waals surface area (Å²) in [7, 11) is 0. The Hall–Kier alpha value is -3.85. The molecular formula is C23H22N6O3. The van der Waals surface area contributed by atoms with Gasteiger partial charge in [-0.15, -0.1) is 0 Å². The second-order valence-electron chi connectivity index (χ2n) is 7.78. The molecule has 1 aliphatic heterocycles. The number of nitrogens with one attached hydrogen (secondary N) is 2. The molecule has 5 rings (SSSR count). The standard InChI is InChI=1S/C23H22N6O3/c24-20-17(22(30)26-13-15-5-3-8-25-12-15)11-18-21(29(20)14-16-6-4-10-32-16)27-19-7-1-2-9-28(19)23(18)31/h1-3,5,7-9,11-12,16,24H,4,6,10,13-14H2,(H,26,30)/t16-/m1/s1. The van der Waals surface area contributed by atoms with Gasteiger partial charge in [0.15, 0.2) is 0 Å². The highest BCUT2D eigenvalue weighted by Crippen LogP contribution is 2.17. The second kappa shape index (κ2) is 8.35. The van der Waals surface area contributed by atoms with Gasteiger partial charge in [-0.3, -0.25) is 24.4 Å². The first-order valence-corrected chi connectivity index (χ1v) is 10.5. The summed E-state index contributed by atoms with van der Waals surface area (Å²) in [6.07, 6.45) is 6.69. The number of pyridine rings is 3. The molecule has 4 aromatic heterocycles. The van der Waals surface area contributed by atoms with Crippen molar-refractivity contribution in [1.82, 2.24) is 24.3 Å². The number of hydrogen-bond donors (Lipinski definition) is 2. The molecular weight excluding hydrogens is 408 g/mol. The molecule has 0 bridgehead atoms. The molecule has 0 saturated carbocycles. The van der Waals surface area contributed by atoms with Crippen molar-refractivity contribution in [3.63, 3.8) is 0 Å². The van der Waals surface area contributed by atoms with Gasteiger partial charge in [0.2, 0.25) is 0 Å². The van der Waals surface area contributed by atoms with E-state index in [4.69, 9.17) is 10.1 Å². The normalized spacial score (nSPS) is 15.9. The first kappa shape index (κ1) is 20.1. The molecule has 0 spiro atoms. The smallest absolute Gasteiger partial charge is 0.267 e. The van der Waals surface area contributed by atoms with Crippen LogP contribution in [0.3, 0.4) is 0 Å². The van der Waals surface area contributed by atoms with Gasteiger partial charge in [0.1, 0.15) is 16.8 Å². The third-order valence-corrected chi connectivity index (χ3v) is 5.65. The van der Waals surface area contributed by atoms with Crippen molar-refractivity contribution in [2.24, 2.45) is 0 Å². The van der Waals surface area contributed by atoms with E-state index < -0.39 is 5.91 Å². The molecule has 9 heteroatoms. The van der Waals surface area contributed by atoms with Crippen LogP contribution in [-0.4, -0.2) is 37.6 Å². The van der Waals surface area contributed by atoms with Crippen molar-refractivity contribution < 1.29 is 9.53 Å². The van der Waals surface area contributed by atoms with Crippen LogP contribution in [-0.2, 0) is 17.8 Å². The fraction of sp³-hybridized carbons (Fsp3) is 0.261. The van der Waals surface area contributed by atoms with Gasteiger partial charge < -0.3 is 14.6 Å². The molecule has 1 atom stereocenters. The highest BCUT2D eigenvalue weighted by Gasteiger charge is 2.22. The maximum atomic E-state index is 13.2. The first-order valence-electron chi connectivity index (χ1n) is 10.5. The van der Waals surface area contributed by atoms with Gasteiger partial charge in [-0.2, -0.15) is 0 Å². The summed E-state index contributed by atoms with van der Waals surface area (Å²) in [4.78, 5) is 34.9. The zero-order valence-electron chi connectivity index (χ0n) is 17.3. The molecule has 1 saturated heterocycles. The summed E-state index contributed by atoms with van der Waals surface area (Å²) in [5.74, 6) is -0.431. The van der Waals surface area contributed by atoms with E-state index in [1.165, 1.54) is 10.5 Å². The quantitative estimate of drug-likeness (QED) is 0.467. The lowest BCUT2D eigenvalue weighted by atomic mass is 10.1. The van der Waals surface area contributed by atoms with Crippen LogP contribution in [0.5, 0.6) is 0 Å². The molecule has 1 aliphatic rings. The monoisotopic (exact) mass is 430 g/mol. The molecule has 32 heavy (non-hydrogen) atoms. The van der Waals surface area contributed by atoms with Crippen molar-refractivity contribution >= 4 is 22.6 Å². The Balaban J connectivity index is 1.63. The van der Waals surface area contributed by atoms with E-state index in [9.17, 15) is 9.59 Å². The third-order valence-electron chi connectivity index (χ3n) is 5.65. The lowest BCUT2D eigenvalue weighted by Gasteiger charge is -2.17. The van der Waals surface area contributed by atoms with Crippen LogP contribution in [0.1, 0.15) is 28.8 Å². The Labute approximate surface area is 182 Å². The van der Waals surface area contributed by atoms with Gasteiger partial charge >= 0.3 is 0 Å². The molecule has 0 unspecified atom stereocenters. The van der Waals surface area contributed by atoms with E-state index in [1.54, 1.807) is 47.4 Å². The van der Waals surface area contributed by atoms with E-state index in [-0.39, 0.29) is 34.6 Å². The van der Waals surface area contributed by atoms with Crippen LogP contribution in [0.15, 0.2) is 59.8 Å². The van der Waals surface area contributed by atoms with Crippen molar-refractivity contribution in [3.8, 4) is 0 Å². The Kier molecular flexibility index (Phi) is 5.24. The van der Waals surface area contributed by atoms with Crippen LogP contribution < -0.4 is 16.4 Å². The maximum Gasteiger partial charge on any atom is 0.267 e. The van der Waals surface area contributed by atoms with Crippen molar-refractivity contribution in [2.45, 2.75) is 32.0 Å². The van der Waals surface area contributed by atoms with Crippen molar-refractivity contribution in [2.75, 3.05) is 6.61 Å². The van der Waals surface area contributed by atoms with Crippen LogP contribution in [0.2, 0.25) is 0 Å². The van der Waals surface area contributed by atoms with Crippen LogP contribution >= 0.6 is 0 Å². The number of nitrogens with zero attached hydrogens (tertiary/aromatic N) is 4. The van der Waals surface area contributed by atoms with Crippen molar-refractivity contribution in [1.29, 1.82) is 5.41 Å². The topological polar surface area (TPSA) is 114 Å². The van der Waals surface area contributed by atoms with Gasteiger partial charge in [0.05, 0.1) is 23.6 Å². The average molecular weight is 430 g/mol. The van der Waals surface area contributed by atoms with Gasteiger partial charge in [-0.25, -0.2) is 4.98 Å². The van der Waals surface area contributed by atoms with E-state index >= 15 is 0 Å². The largest absolute Gasteiger partial charge is 0.376 e. The maximum absolute atomic E-state index is 13.2. The number of rotatable bonds is 5. The Bertz CT molecular complexity index is 1420. The summed E-state index contributed by atoms with van der Waals surface area (Å²) < 4.78 is 8.83. The Morgan fingerprint density at radius 3 is 2.97 bits per heavy atom. The molecule has 9 nitrogen and oxygen atoms in total. The second-order valence-corrected chi connectivity index (χ2v) is 7.78. The molecule has 1 amide bonds. The molecule has 0 aromatic carbocycles. The van der Waals surface area contributed by atoms with Gasteiger partial charge in [0.25, 0.3) is 11.5 Å². The minimum atomic E-state index is -0.431. The van der Waals surface area contributed by atoms with E-state index in [0.717, 1.165) is 18.4 Å². The van der Waals surface area contributed by atoms with Crippen molar-refractivity contribution in [3.05, 3.63) is 82.0 Å². The number of aromatic nitrogens is 4. The predicted octanol–water partition coefficient (Wildman–Crippen LogP) is 1.63. The van der Waals surface area contributed by atoms with E-state index in [2.05, 4.69) is 15.3 Å². The van der Waals surface area contributed by atoms with Gasteiger partial charge in [0, 0.05) is 31.7 Å². The summed E-state index contributed by atoms with van der Waals surface area (Å²) in [6, 6.07) is 10.4. The molecule has 1 fully saturated rings. The molecule has 5 heterocycles. The fourth-order valence-corrected chi connectivity index (χ4v) is 4.01. The molecule has 4 aromatic rings. The van der Waals surface area contributed by atoms with Crippen LogP contribution in [0.25, 0.3) is 16.7 Å². The Morgan fingerprint density at radius 1 is 1.28 bits per heavy atom. The number of amides is 1. The summed E-state index contributed by atoms with van der Waals surface area (Å²) in [5.41, 5.74) is 1.55. The predicted molar refractivity (Wildman–Crippen MR) is 117 cm³/mol. The summed E-state index contributed by atoms with van der Waals surface area (Å²) >= 11 is 0. The Morgan fingerprint density at radius 2 is 2.19 bits per heavy atom. The fourth-order valence-electron chi connectivity index (χ4n) is 4.01. The number of hydrogen-bond acceptors (Lipinski definition) is 6. The third kappa shape index (κ3) is 3.67. The molecule has 162 valence electrons. The first-order chi connectivity index (χ1) is 15.6. The molecule has 0 radical (unpaired) electrons. The number of ether oxygens (including phenoxy) is 1. The number of carbonyl (C=O) groups excluding carboxylic acids is 1. The minimum absolute atomic E-state index is 0.00358. The highest BCUT2D eigenvalue weighted by molar-refractivity contribution is 5.96. The van der Waals surface area contributed by atoms with Crippen LogP contribution in [0.4, 0.5) is 0 Å². The van der Waals surface area contributed by atoms with Gasteiger partial charge in [-0.05, 0) is 42.7 Å². The average Bonchev–Trinajstić information content (AvgIpc) is 3.34. The number of carbonyl (C=O) groups is 1. The zero-order chi connectivity index (χ0) is 22.1. The SMILES string of the molecule is N=c1c(C(=O)NCc2cccnc2)cc2c(=O)n3ccccc3nc2n1C[C@H]1CCCO1. The molecule has 2 N–H and O–H groups in total. The summed E-state index contributed by atoms with van der Waals surface area (Å²) in [6.45, 7) is 1.29. The van der Waals surface area contributed by atoms with Gasteiger partial charge in [-0.1, -0.05) is 12.1 Å². The molecule has 0 aliphatic carbocycles. The highest BCUT2D eigenvalue weighted by atomic mass is 16.5. The lowest BCUT2D eigenvalue weighted by Crippen LogP contribution is -2.36.